The lowest BCUT2D eigenvalue weighted by Gasteiger charge is -2.16. The van der Waals surface area contributed by atoms with Crippen molar-refractivity contribution in [2.75, 3.05) is 28.2 Å². The first-order chi connectivity index (χ1) is 9.52. The second-order valence-corrected chi connectivity index (χ2v) is 3.97. The van der Waals surface area contributed by atoms with Gasteiger partial charge in [0.05, 0.1) is 0 Å². The smallest absolute Gasteiger partial charge is 0.318 e. The van der Waals surface area contributed by atoms with E-state index in [1.54, 1.807) is 46.8 Å². The number of pyridine rings is 1. The van der Waals surface area contributed by atoms with Gasteiger partial charge in [-0.25, -0.2) is 14.8 Å². The number of carbonyl (C=O) groups is 1. The molecule has 0 saturated carbocycles. The molecule has 0 aliphatic heterocycles. The Kier molecular flexibility index (Phi) is 8.58. The zero-order valence-electron chi connectivity index (χ0n) is 13.0. The van der Waals surface area contributed by atoms with E-state index in [-0.39, 0.29) is 6.03 Å². The maximum Gasteiger partial charge on any atom is 0.318 e. The van der Waals surface area contributed by atoms with Gasteiger partial charge in [0.2, 0.25) is 0 Å². The summed E-state index contributed by atoms with van der Waals surface area (Å²) in [5.41, 5.74) is 1.54. The van der Waals surface area contributed by atoms with Gasteiger partial charge >= 0.3 is 6.03 Å². The van der Waals surface area contributed by atoms with Crippen molar-refractivity contribution in [2.45, 2.75) is 13.8 Å². The van der Waals surface area contributed by atoms with E-state index in [4.69, 9.17) is 0 Å². The van der Waals surface area contributed by atoms with E-state index in [2.05, 4.69) is 15.0 Å². The van der Waals surface area contributed by atoms with E-state index >= 15 is 0 Å². The lowest BCUT2D eigenvalue weighted by Crippen LogP contribution is -2.33. The molecule has 0 bridgehead atoms. The summed E-state index contributed by atoms with van der Waals surface area (Å²) in [5, 5.41) is 0. The molecule has 0 aliphatic rings. The Labute approximate surface area is 120 Å². The highest BCUT2D eigenvalue weighted by Crippen LogP contribution is 2.00. The van der Waals surface area contributed by atoms with Crippen LogP contribution in [0.5, 0.6) is 0 Å². The fourth-order valence-electron chi connectivity index (χ4n) is 1.21. The minimum Gasteiger partial charge on any atom is -0.331 e. The van der Waals surface area contributed by atoms with Crippen LogP contribution in [-0.2, 0) is 0 Å². The molecule has 2 aromatic heterocycles. The number of urea groups is 1. The molecule has 6 heteroatoms. The van der Waals surface area contributed by atoms with E-state index in [1.807, 2.05) is 26.0 Å². The number of rotatable bonds is 0. The number of fused-ring (bicyclic) bond motifs is 1. The van der Waals surface area contributed by atoms with Crippen molar-refractivity contribution >= 4 is 17.2 Å². The van der Waals surface area contributed by atoms with E-state index < -0.39 is 0 Å². The largest absolute Gasteiger partial charge is 0.331 e. The maximum absolute atomic E-state index is 10.7. The number of carbonyl (C=O) groups excluding carboxylic acids is 1. The highest BCUT2D eigenvalue weighted by atomic mass is 16.2. The molecular formula is C14H23N5O. The monoisotopic (exact) mass is 277 g/mol. The lowest BCUT2D eigenvalue weighted by molar-refractivity contribution is 0.191. The predicted molar refractivity (Wildman–Crippen MR) is 81.5 cm³/mol. The average molecular weight is 277 g/mol. The van der Waals surface area contributed by atoms with E-state index in [9.17, 15) is 4.79 Å². The Morgan fingerprint density at radius 3 is 1.85 bits per heavy atom. The number of hydrogen-bond donors (Lipinski definition) is 0. The SMILES string of the molecule is CC.CN(C)C(=O)N(C)C.c1cnc2nccnc2c1. The molecule has 2 aromatic rings. The molecule has 0 radical (unpaired) electrons. The summed E-state index contributed by atoms with van der Waals surface area (Å²) in [7, 11) is 6.90. The first kappa shape index (κ1) is 17.8. The van der Waals surface area contributed by atoms with E-state index in [1.165, 1.54) is 9.80 Å². The highest BCUT2D eigenvalue weighted by Gasteiger charge is 2.02. The fraction of sp³-hybridized carbons (Fsp3) is 0.429. The van der Waals surface area contributed by atoms with Gasteiger partial charge in [0.25, 0.3) is 0 Å². The van der Waals surface area contributed by atoms with Crippen LogP contribution < -0.4 is 0 Å². The Balaban J connectivity index is 0.000000330. The standard InChI is InChI=1S/C7H5N3.C5H12N2O.C2H6/c1-2-6-7(9-3-1)10-5-4-8-6;1-6(2)5(8)7(3)4;1-2/h1-5H;1-4H3;1-2H3. The fourth-order valence-corrected chi connectivity index (χ4v) is 1.21. The van der Waals surface area contributed by atoms with Gasteiger partial charge in [-0.1, -0.05) is 13.8 Å². The van der Waals surface area contributed by atoms with Gasteiger partial charge in [0.15, 0.2) is 5.65 Å². The summed E-state index contributed by atoms with van der Waals surface area (Å²) in [6, 6.07) is 3.75. The van der Waals surface area contributed by atoms with Crippen LogP contribution in [0, 0.1) is 0 Å². The first-order valence-corrected chi connectivity index (χ1v) is 6.42. The molecular weight excluding hydrogens is 254 g/mol. The predicted octanol–water partition coefficient (Wildman–Crippen LogP) is 2.28. The van der Waals surface area contributed by atoms with Crippen LogP contribution in [-0.4, -0.2) is 59.0 Å². The minimum absolute atomic E-state index is 0.0185. The Morgan fingerprint density at radius 2 is 1.40 bits per heavy atom. The van der Waals surface area contributed by atoms with Crippen LogP contribution in [0.15, 0.2) is 30.7 Å². The summed E-state index contributed by atoms with van der Waals surface area (Å²) in [6.07, 6.45) is 5.00. The normalized spacial score (nSPS) is 8.70. The molecule has 0 aliphatic carbocycles. The molecule has 0 spiro atoms. The van der Waals surface area contributed by atoms with Crippen LogP contribution >= 0.6 is 0 Å². The van der Waals surface area contributed by atoms with Crippen molar-refractivity contribution < 1.29 is 4.79 Å². The topological polar surface area (TPSA) is 62.2 Å². The van der Waals surface area contributed by atoms with Gasteiger partial charge in [0.1, 0.15) is 5.52 Å². The summed E-state index contributed by atoms with van der Waals surface area (Å²) in [5.74, 6) is 0. The quantitative estimate of drug-likeness (QED) is 0.741. The molecule has 110 valence electrons. The van der Waals surface area contributed by atoms with Crippen molar-refractivity contribution in [1.29, 1.82) is 0 Å². The number of aromatic nitrogens is 3. The van der Waals surface area contributed by atoms with E-state index in [0.29, 0.717) is 5.65 Å². The second-order valence-electron chi connectivity index (χ2n) is 3.97. The molecule has 0 fully saturated rings. The average Bonchev–Trinajstić information content (AvgIpc) is 2.49. The lowest BCUT2D eigenvalue weighted by atomic mass is 10.4. The van der Waals surface area contributed by atoms with Crippen molar-refractivity contribution in [3.05, 3.63) is 30.7 Å². The van der Waals surface area contributed by atoms with Crippen molar-refractivity contribution in [3.8, 4) is 0 Å². The van der Waals surface area contributed by atoms with Crippen LogP contribution in [0.25, 0.3) is 11.2 Å². The Hall–Kier alpha value is -2.24. The van der Waals surface area contributed by atoms with Crippen molar-refractivity contribution in [3.63, 3.8) is 0 Å². The van der Waals surface area contributed by atoms with Crippen LogP contribution in [0.1, 0.15) is 13.8 Å². The molecule has 0 unspecified atom stereocenters. The second kappa shape index (κ2) is 9.66. The van der Waals surface area contributed by atoms with Gasteiger partial charge in [-0.3, -0.25) is 4.98 Å². The zero-order valence-corrected chi connectivity index (χ0v) is 13.0. The van der Waals surface area contributed by atoms with Gasteiger partial charge in [-0.15, -0.1) is 0 Å². The number of amides is 2. The third-order valence-electron chi connectivity index (χ3n) is 2.01. The molecule has 0 atom stereocenters. The summed E-state index contributed by atoms with van der Waals surface area (Å²) in [4.78, 5) is 25.8. The third-order valence-corrected chi connectivity index (χ3v) is 2.01. The van der Waals surface area contributed by atoms with Gasteiger partial charge < -0.3 is 9.80 Å². The molecule has 20 heavy (non-hydrogen) atoms. The highest BCUT2D eigenvalue weighted by molar-refractivity contribution is 5.73. The Bertz CT molecular complexity index is 438. The molecule has 2 rings (SSSR count). The summed E-state index contributed by atoms with van der Waals surface area (Å²) in [6.45, 7) is 4.00. The molecule has 2 amide bonds. The molecule has 2 heterocycles. The maximum atomic E-state index is 10.7. The molecule has 0 N–H and O–H groups in total. The Morgan fingerprint density at radius 1 is 0.900 bits per heavy atom. The third kappa shape index (κ3) is 6.08. The summed E-state index contributed by atoms with van der Waals surface area (Å²) >= 11 is 0. The van der Waals surface area contributed by atoms with Gasteiger partial charge in [-0.05, 0) is 12.1 Å². The number of hydrogen-bond acceptors (Lipinski definition) is 4. The summed E-state index contributed by atoms with van der Waals surface area (Å²) < 4.78 is 0. The number of nitrogens with zero attached hydrogens (tertiary/aromatic N) is 5. The van der Waals surface area contributed by atoms with Crippen molar-refractivity contribution in [2.24, 2.45) is 0 Å². The minimum atomic E-state index is 0.0185. The van der Waals surface area contributed by atoms with E-state index in [0.717, 1.165) is 5.52 Å². The van der Waals surface area contributed by atoms with Crippen molar-refractivity contribution in [1.82, 2.24) is 24.8 Å². The van der Waals surface area contributed by atoms with Crippen LogP contribution in [0.2, 0.25) is 0 Å². The molecule has 6 nitrogen and oxygen atoms in total. The zero-order chi connectivity index (χ0) is 15.5. The molecule has 0 aromatic carbocycles. The first-order valence-electron chi connectivity index (χ1n) is 6.42. The van der Waals surface area contributed by atoms with Gasteiger partial charge in [-0.2, -0.15) is 0 Å². The van der Waals surface area contributed by atoms with Crippen LogP contribution in [0.4, 0.5) is 4.79 Å². The van der Waals surface area contributed by atoms with Gasteiger partial charge in [0, 0.05) is 46.8 Å². The molecule has 0 saturated heterocycles. The van der Waals surface area contributed by atoms with Crippen LogP contribution in [0.3, 0.4) is 0 Å².